The van der Waals surface area contributed by atoms with Gasteiger partial charge in [0.15, 0.2) is 6.29 Å². The summed E-state index contributed by atoms with van der Waals surface area (Å²) in [5.74, 6) is -1.38. The van der Waals surface area contributed by atoms with Crippen LogP contribution in [0.15, 0.2) is 12.3 Å². The smallest absolute Gasteiger partial charge is 0.210 e. The summed E-state index contributed by atoms with van der Waals surface area (Å²) < 4.78 is 15.9. The standard InChI is InChI=1S/C15H24O11/c1-14(22)9-13(24-3-2-15(9,23)11(21)10(14)20)26-12-8(19)7(18)6(17)5(4-16)25-12/h2-3,5-13,16-23H,4H2,1H3/t5-,6-,7+,8-,9+,10-,11-,12+,13-,14-,15+/m1/s1. The maximum absolute atomic E-state index is 10.7. The van der Waals surface area contributed by atoms with Gasteiger partial charge in [-0.1, -0.05) is 0 Å². The van der Waals surface area contributed by atoms with Gasteiger partial charge >= 0.3 is 0 Å². The van der Waals surface area contributed by atoms with E-state index in [-0.39, 0.29) is 0 Å². The Morgan fingerprint density at radius 1 is 0.962 bits per heavy atom. The molecule has 0 unspecified atom stereocenters. The fourth-order valence-electron chi connectivity index (χ4n) is 3.83. The van der Waals surface area contributed by atoms with Gasteiger partial charge < -0.3 is 55.1 Å². The van der Waals surface area contributed by atoms with Gasteiger partial charge in [-0.15, -0.1) is 0 Å². The van der Waals surface area contributed by atoms with Crippen LogP contribution in [0.25, 0.3) is 0 Å². The molecule has 1 saturated heterocycles. The van der Waals surface area contributed by atoms with Gasteiger partial charge in [0.2, 0.25) is 6.29 Å². The summed E-state index contributed by atoms with van der Waals surface area (Å²) >= 11 is 0. The lowest BCUT2D eigenvalue weighted by Crippen LogP contribution is -2.62. The number of aliphatic hydroxyl groups excluding tert-OH is 6. The second-order valence-corrected chi connectivity index (χ2v) is 7.12. The number of aliphatic hydroxyl groups is 8. The molecular weight excluding hydrogens is 356 g/mol. The number of fused-ring (bicyclic) bond motifs is 1. The zero-order valence-corrected chi connectivity index (χ0v) is 13.9. The lowest BCUT2D eigenvalue weighted by molar-refractivity contribution is -0.352. The summed E-state index contributed by atoms with van der Waals surface area (Å²) in [6.45, 7) is 0.508. The highest BCUT2D eigenvalue weighted by Gasteiger charge is 2.69. The van der Waals surface area contributed by atoms with Gasteiger partial charge in [0.25, 0.3) is 0 Å². The second-order valence-electron chi connectivity index (χ2n) is 7.12. The quantitative estimate of drug-likeness (QED) is 0.235. The summed E-state index contributed by atoms with van der Waals surface area (Å²) in [6.07, 6.45) is -10.7. The Bertz CT molecular complexity index is 552. The van der Waals surface area contributed by atoms with Crippen LogP contribution in [0.4, 0.5) is 0 Å². The first-order chi connectivity index (χ1) is 12.1. The molecule has 2 fully saturated rings. The van der Waals surface area contributed by atoms with Crippen molar-refractivity contribution in [1.29, 1.82) is 0 Å². The summed E-state index contributed by atoms with van der Waals surface area (Å²) in [7, 11) is 0. The third-order valence-corrected chi connectivity index (χ3v) is 5.44. The molecule has 26 heavy (non-hydrogen) atoms. The molecule has 0 aromatic carbocycles. The molecule has 3 aliphatic rings. The minimum Gasteiger partial charge on any atom is -0.472 e. The van der Waals surface area contributed by atoms with E-state index in [1.165, 1.54) is 6.92 Å². The van der Waals surface area contributed by atoms with Crippen molar-refractivity contribution in [2.75, 3.05) is 6.61 Å². The van der Waals surface area contributed by atoms with Crippen LogP contribution < -0.4 is 0 Å². The molecule has 0 bridgehead atoms. The summed E-state index contributed by atoms with van der Waals surface area (Å²) in [4.78, 5) is 0. The van der Waals surface area contributed by atoms with Crippen molar-refractivity contribution in [2.45, 2.75) is 67.3 Å². The van der Waals surface area contributed by atoms with E-state index in [2.05, 4.69) is 0 Å². The van der Waals surface area contributed by atoms with Crippen LogP contribution >= 0.6 is 0 Å². The monoisotopic (exact) mass is 380 g/mol. The lowest BCUT2D eigenvalue weighted by atomic mass is 9.81. The van der Waals surface area contributed by atoms with E-state index in [1.807, 2.05) is 0 Å². The first kappa shape index (κ1) is 19.9. The zero-order valence-electron chi connectivity index (χ0n) is 13.9. The second kappa shape index (κ2) is 6.63. The molecule has 3 rings (SSSR count). The highest BCUT2D eigenvalue weighted by molar-refractivity contribution is 5.24. The Kier molecular flexibility index (Phi) is 5.08. The average molecular weight is 380 g/mol. The fourth-order valence-corrected chi connectivity index (χ4v) is 3.83. The summed E-state index contributed by atoms with van der Waals surface area (Å²) in [5.41, 5.74) is -4.11. The van der Waals surface area contributed by atoms with E-state index in [1.54, 1.807) is 0 Å². The Balaban J connectivity index is 1.85. The Morgan fingerprint density at radius 3 is 2.23 bits per heavy atom. The molecule has 0 amide bonds. The number of rotatable bonds is 3. The molecule has 1 aliphatic carbocycles. The highest BCUT2D eigenvalue weighted by Crippen LogP contribution is 2.49. The third-order valence-electron chi connectivity index (χ3n) is 5.44. The van der Waals surface area contributed by atoms with Crippen LogP contribution in [0, 0.1) is 5.92 Å². The van der Waals surface area contributed by atoms with E-state index < -0.39 is 72.9 Å². The van der Waals surface area contributed by atoms with Crippen molar-refractivity contribution in [1.82, 2.24) is 0 Å². The van der Waals surface area contributed by atoms with Gasteiger partial charge in [-0.2, -0.15) is 0 Å². The van der Waals surface area contributed by atoms with Crippen LogP contribution in [0.2, 0.25) is 0 Å². The molecule has 11 nitrogen and oxygen atoms in total. The van der Waals surface area contributed by atoms with Crippen LogP contribution in [0.1, 0.15) is 6.92 Å². The molecule has 11 atom stereocenters. The van der Waals surface area contributed by atoms with Crippen LogP contribution in [0.3, 0.4) is 0 Å². The number of ether oxygens (including phenoxy) is 3. The molecule has 8 N–H and O–H groups in total. The van der Waals surface area contributed by atoms with Crippen LogP contribution in [-0.2, 0) is 14.2 Å². The van der Waals surface area contributed by atoms with E-state index >= 15 is 0 Å². The molecule has 0 aromatic heterocycles. The molecule has 1 saturated carbocycles. The summed E-state index contributed by atoms with van der Waals surface area (Å²) in [5, 5.41) is 80.3. The molecule has 11 heteroatoms. The normalized spacial score (nSPS) is 56.9. The molecular formula is C15H24O11. The Morgan fingerprint density at radius 2 is 1.62 bits per heavy atom. The van der Waals surface area contributed by atoms with Crippen LogP contribution in [0.5, 0.6) is 0 Å². The highest BCUT2D eigenvalue weighted by atomic mass is 16.8. The molecule has 0 radical (unpaired) electrons. The van der Waals surface area contributed by atoms with Crippen LogP contribution in [-0.4, -0.2) is 108 Å². The van der Waals surface area contributed by atoms with Crippen molar-refractivity contribution in [3.05, 3.63) is 12.3 Å². The number of hydrogen-bond donors (Lipinski definition) is 8. The van der Waals surface area contributed by atoms with E-state index in [0.29, 0.717) is 0 Å². The molecule has 0 aromatic rings. The molecule has 150 valence electrons. The van der Waals surface area contributed by atoms with Gasteiger partial charge in [-0.3, -0.25) is 0 Å². The third kappa shape index (κ3) is 2.76. The minimum absolute atomic E-state index is 0.668. The predicted molar refractivity (Wildman–Crippen MR) is 79.9 cm³/mol. The van der Waals surface area contributed by atoms with Crippen molar-refractivity contribution < 1.29 is 55.1 Å². The lowest BCUT2D eigenvalue weighted by Gasteiger charge is -2.45. The largest absolute Gasteiger partial charge is 0.472 e. The topological polar surface area (TPSA) is 190 Å². The average Bonchev–Trinajstić information content (AvgIpc) is 2.73. The molecule has 2 aliphatic heterocycles. The van der Waals surface area contributed by atoms with Gasteiger partial charge in [0, 0.05) is 0 Å². The predicted octanol–water partition coefficient (Wildman–Crippen LogP) is -4.49. The number of hydrogen-bond acceptors (Lipinski definition) is 11. The minimum atomic E-state index is -2.08. The van der Waals surface area contributed by atoms with Gasteiger partial charge in [-0.05, 0) is 13.0 Å². The Hall–Kier alpha value is -0.860. The first-order valence-corrected chi connectivity index (χ1v) is 8.15. The van der Waals surface area contributed by atoms with E-state index in [4.69, 9.17) is 14.2 Å². The zero-order chi connectivity index (χ0) is 19.4. The SMILES string of the molecule is C[C@]1(O)[C@H](O)[C@@H](O)[C@]2(O)C=CO[C@H](O[C@@H]3O[C@H](CO)[C@@H](O)[C@H](O)[C@H]3O)[C@@H]12. The molecule has 2 heterocycles. The molecule has 0 spiro atoms. The van der Waals surface area contributed by atoms with Crippen molar-refractivity contribution >= 4 is 0 Å². The first-order valence-electron chi connectivity index (χ1n) is 8.15. The van der Waals surface area contributed by atoms with Crippen molar-refractivity contribution in [3.63, 3.8) is 0 Å². The van der Waals surface area contributed by atoms with Crippen molar-refractivity contribution in [3.8, 4) is 0 Å². The van der Waals surface area contributed by atoms with Gasteiger partial charge in [-0.25, -0.2) is 0 Å². The fraction of sp³-hybridized carbons (Fsp3) is 0.867. The van der Waals surface area contributed by atoms with E-state index in [0.717, 1.165) is 12.3 Å². The Labute approximate surface area is 148 Å². The summed E-state index contributed by atoms with van der Waals surface area (Å²) in [6, 6.07) is 0. The van der Waals surface area contributed by atoms with Crippen molar-refractivity contribution in [2.24, 2.45) is 5.92 Å². The van der Waals surface area contributed by atoms with Gasteiger partial charge in [0.05, 0.1) is 18.8 Å². The maximum Gasteiger partial charge on any atom is 0.210 e. The maximum atomic E-state index is 10.7. The van der Waals surface area contributed by atoms with Gasteiger partial charge in [0.1, 0.15) is 47.8 Å². The van der Waals surface area contributed by atoms with E-state index in [9.17, 15) is 40.9 Å².